The molecule has 2 rings (SSSR count). The molecule has 1 amide bonds. The highest BCUT2D eigenvalue weighted by Crippen LogP contribution is 2.39. The molecule has 2 unspecified atom stereocenters. The topological polar surface area (TPSA) is 127 Å². The maximum absolute atomic E-state index is 11.7. The maximum Gasteiger partial charge on any atom is 0.307 e. The summed E-state index contributed by atoms with van der Waals surface area (Å²) < 4.78 is 21.8. The molecule has 0 radical (unpaired) electrons. The van der Waals surface area contributed by atoms with Crippen molar-refractivity contribution in [3.63, 3.8) is 0 Å². The van der Waals surface area contributed by atoms with E-state index in [2.05, 4.69) is 5.32 Å². The highest BCUT2D eigenvalue weighted by molar-refractivity contribution is 7.88. The van der Waals surface area contributed by atoms with Crippen LogP contribution in [0.5, 0.6) is 0 Å². The van der Waals surface area contributed by atoms with Gasteiger partial charge >= 0.3 is 5.97 Å². The molecular weight excluding hydrogens is 284 g/mol. The van der Waals surface area contributed by atoms with E-state index < -0.39 is 27.8 Å². The number of sulfonamides is 1. The van der Waals surface area contributed by atoms with Crippen LogP contribution in [0.15, 0.2) is 24.3 Å². The summed E-state index contributed by atoms with van der Waals surface area (Å²) in [4.78, 5) is 22.4. The summed E-state index contributed by atoms with van der Waals surface area (Å²) in [6, 6.07) is 6.19. The molecule has 1 aromatic rings. The Kier molecular flexibility index (Phi) is 3.78. The van der Waals surface area contributed by atoms with Gasteiger partial charge in [-0.25, -0.2) is 13.6 Å². The van der Waals surface area contributed by atoms with Crippen molar-refractivity contribution in [1.82, 2.24) is 0 Å². The molecule has 1 aliphatic rings. The lowest BCUT2D eigenvalue weighted by molar-refractivity contribution is -0.139. The quantitative estimate of drug-likeness (QED) is 0.712. The molecule has 0 bridgehead atoms. The molecule has 1 aromatic carbocycles. The van der Waals surface area contributed by atoms with Crippen LogP contribution < -0.4 is 10.5 Å². The Labute approximate surface area is 115 Å². The molecule has 0 saturated heterocycles. The number of rotatable bonds is 5. The Morgan fingerprint density at radius 3 is 2.30 bits per heavy atom. The number of nitrogens with two attached hydrogens (primary N) is 1. The zero-order chi connectivity index (χ0) is 14.9. The first-order valence-corrected chi connectivity index (χ1v) is 7.61. The third-order valence-corrected chi connectivity index (χ3v) is 3.77. The molecule has 1 aliphatic carbocycles. The summed E-state index contributed by atoms with van der Waals surface area (Å²) in [7, 11) is -3.59. The second-order valence-electron chi connectivity index (χ2n) is 4.78. The number of hydrogen-bond donors (Lipinski definition) is 3. The van der Waals surface area contributed by atoms with Gasteiger partial charge in [-0.2, -0.15) is 0 Å². The first-order valence-electron chi connectivity index (χ1n) is 5.89. The lowest BCUT2D eigenvalue weighted by Gasteiger charge is -2.05. The van der Waals surface area contributed by atoms with E-state index in [-0.39, 0.29) is 11.7 Å². The first-order chi connectivity index (χ1) is 9.26. The SMILES string of the molecule is NS(=O)(=O)Cc1ccc(NC(=O)C2CC2C(=O)O)cc1. The van der Waals surface area contributed by atoms with Crippen LogP contribution >= 0.6 is 0 Å². The van der Waals surface area contributed by atoms with Crippen LogP contribution in [0.1, 0.15) is 12.0 Å². The van der Waals surface area contributed by atoms with Crippen LogP contribution in [0.3, 0.4) is 0 Å². The van der Waals surface area contributed by atoms with E-state index in [0.717, 1.165) is 0 Å². The van der Waals surface area contributed by atoms with Gasteiger partial charge in [-0.1, -0.05) is 12.1 Å². The van der Waals surface area contributed by atoms with Gasteiger partial charge in [0.15, 0.2) is 0 Å². The zero-order valence-electron chi connectivity index (χ0n) is 10.4. The minimum atomic E-state index is -3.59. The fraction of sp³-hybridized carbons (Fsp3) is 0.333. The van der Waals surface area contributed by atoms with E-state index in [1.165, 1.54) is 0 Å². The molecule has 8 heteroatoms. The van der Waals surface area contributed by atoms with Crippen LogP contribution in [0, 0.1) is 11.8 Å². The van der Waals surface area contributed by atoms with Crippen molar-refractivity contribution >= 4 is 27.6 Å². The van der Waals surface area contributed by atoms with Gasteiger partial charge in [0, 0.05) is 5.69 Å². The van der Waals surface area contributed by atoms with Crippen molar-refractivity contribution in [1.29, 1.82) is 0 Å². The van der Waals surface area contributed by atoms with E-state index in [9.17, 15) is 18.0 Å². The van der Waals surface area contributed by atoms with E-state index in [4.69, 9.17) is 10.2 Å². The Balaban J connectivity index is 1.94. The molecule has 0 aliphatic heterocycles. The Hall–Kier alpha value is -1.93. The summed E-state index contributed by atoms with van der Waals surface area (Å²) in [5, 5.41) is 16.3. The fourth-order valence-electron chi connectivity index (χ4n) is 1.91. The van der Waals surface area contributed by atoms with Crippen molar-refractivity contribution in [3.8, 4) is 0 Å². The van der Waals surface area contributed by atoms with Crippen LogP contribution in [0.2, 0.25) is 0 Å². The van der Waals surface area contributed by atoms with E-state index in [1.54, 1.807) is 24.3 Å². The Bertz CT molecular complexity index is 638. The molecular formula is C12H14N2O5S. The monoisotopic (exact) mass is 298 g/mol. The standard InChI is InChI=1S/C12H14N2O5S/c13-20(18,19)6-7-1-3-8(4-2-7)14-11(15)9-5-10(9)12(16)17/h1-4,9-10H,5-6H2,(H,14,15)(H,16,17)(H2,13,18,19). The van der Waals surface area contributed by atoms with E-state index in [1.807, 2.05) is 0 Å². The maximum atomic E-state index is 11.7. The van der Waals surface area contributed by atoms with Gasteiger partial charge in [0.25, 0.3) is 0 Å². The summed E-state index contributed by atoms with van der Waals surface area (Å²) in [6.45, 7) is 0. The molecule has 1 fully saturated rings. The smallest absolute Gasteiger partial charge is 0.307 e. The molecule has 0 aromatic heterocycles. The van der Waals surface area contributed by atoms with Gasteiger partial charge in [-0.15, -0.1) is 0 Å². The molecule has 7 nitrogen and oxygen atoms in total. The normalized spacial score (nSPS) is 21.2. The number of carboxylic acids is 1. The highest BCUT2D eigenvalue weighted by atomic mass is 32.2. The molecule has 0 spiro atoms. The number of primary sulfonamides is 1. The van der Waals surface area contributed by atoms with Gasteiger partial charge in [0.2, 0.25) is 15.9 Å². The summed E-state index contributed by atoms with van der Waals surface area (Å²) >= 11 is 0. The molecule has 2 atom stereocenters. The summed E-state index contributed by atoms with van der Waals surface area (Å²) in [5.74, 6) is -2.66. The second-order valence-corrected chi connectivity index (χ2v) is 6.39. The average molecular weight is 298 g/mol. The number of benzene rings is 1. The highest BCUT2D eigenvalue weighted by Gasteiger charge is 2.48. The molecule has 108 valence electrons. The number of carboxylic acid groups (broad SMARTS) is 1. The van der Waals surface area contributed by atoms with Crippen LogP contribution in [-0.4, -0.2) is 25.4 Å². The number of amides is 1. The minimum absolute atomic E-state index is 0.273. The Morgan fingerprint density at radius 2 is 1.85 bits per heavy atom. The van der Waals surface area contributed by atoms with Crippen LogP contribution in [-0.2, 0) is 25.4 Å². The van der Waals surface area contributed by atoms with Gasteiger partial charge in [0.05, 0.1) is 17.6 Å². The van der Waals surface area contributed by atoms with Crippen LogP contribution in [0.25, 0.3) is 0 Å². The average Bonchev–Trinajstić information content (AvgIpc) is 3.09. The number of carbonyl (C=O) groups excluding carboxylic acids is 1. The van der Waals surface area contributed by atoms with Gasteiger partial charge < -0.3 is 10.4 Å². The lowest BCUT2D eigenvalue weighted by atomic mass is 10.2. The van der Waals surface area contributed by atoms with Gasteiger partial charge in [-0.05, 0) is 24.1 Å². The first kappa shape index (κ1) is 14.5. The number of anilines is 1. The fourth-order valence-corrected chi connectivity index (χ4v) is 2.57. The van der Waals surface area contributed by atoms with E-state index >= 15 is 0 Å². The number of nitrogens with one attached hydrogen (secondary N) is 1. The number of aliphatic carboxylic acids is 1. The van der Waals surface area contributed by atoms with Crippen molar-refractivity contribution in [2.24, 2.45) is 17.0 Å². The van der Waals surface area contributed by atoms with E-state index in [0.29, 0.717) is 17.7 Å². The lowest BCUT2D eigenvalue weighted by Crippen LogP contribution is -2.17. The zero-order valence-corrected chi connectivity index (χ0v) is 11.3. The Morgan fingerprint density at radius 1 is 1.25 bits per heavy atom. The van der Waals surface area contributed by atoms with Crippen molar-refractivity contribution in [3.05, 3.63) is 29.8 Å². The second kappa shape index (κ2) is 5.22. The summed E-state index contributed by atoms with van der Waals surface area (Å²) in [6.07, 6.45) is 0.352. The molecule has 20 heavy (non-hydrogen) atoms. The van der Waals surface area contributed by atoms with Gasteiger partial charge in [-0.3, -0.25) is 9.59 Å². The third-order valence-electron chi connectivity index (χ3n) is 3.03. The van der Waals surface area contributed by atoms with Crippen LogP contribution in [0.4, 0.5) is 5.69 Å². The van der Waals surface area contributed by atoms with Crippen molar-refractivity contribution < 1.29 is 23.1 Å². The molecule has 0 heterocycles. The minimum Gasteiger partial charge on any atom is -0.481 e. The number of hydrogen-bond acceptors (Lipinski definition) is 4. The van der Waals surface area contributed by atoms with Crippen molar-refractivity contribution in [2.45, 2.75) is 12.2 Å². The third kappa shape index (κ3) is 3.78. The van der Waals surface area contributed by atoms with Gasteiger partial charge in [0.1, 0.15) is 0 Å². The molecule has 1 saturated carbocycles. The largest absolute Gasteiger partial charge is 0.481 e. The predicted octanol–water partition coefficient (Wildman–Crippen LogP) is 0.134. The van der Waals surface area contributed by atoms with Crippen molar-refractivity contribution in [2.75, 3.05) is 5.32 Å². The number of carbonyl (C=O) groups is 2. The summed E-state index contributed by atoms with van der Waals surface area (Å²) in [5.41, 5.74) is 1.00. The predicted molar refractivity (Wildman–Crippen MR) is 71.1 cm³/mol. The molecule has 4 N–H and O–H groups in total.